The maximum absolute atomic E-state index is 12.9. The van der Waals surface area contributed by atoms with Gasteiger partial charge in [0.15, 0.2) is 5.78 Å². The van der Waals surface area contributed by atoms with Crippen molar-refractivity contribution in [3.05, 3.63) is 29.6 Å². The van der Waals surface area contributed by atoms with Crippen LogP contribution in [0, 0.1) is 12.8 Å². The third kappa shape index (κ3) is 3.86. The molecule has 1 spiro atoms. The monoisotopic (exact) mass is 476 g/mol. The second-order valence-corrected chi connectivity index (χ2v) is 10.6. The van der Waals surface area contributed by atoms with Crippen molar-refractivity contribution in [2.45, 2.75) is 63.4 Å². The number of amides is 1. The standard InChI is InChI=1S/C26H32N6O3/c1-16-12-22(32-15-25(6-7-25)19-14-27-21(13-20(19)32)29-17(2)33)30-24(28-16)31-10-8-26(35-3,9-11-31)23(34)18-4-5-18/h12-14,18H,4-11,15H2,1-3H3,(H,27,29,33). The van der Waals surface area contributed by atoms with Gasteiger partial charge in [-0.1, -0.05) is 0 Å². The van der Waals surface area contributed by atoms with E-state index in [1.165, 1.54) is 12.5 Å². The summed E-state index contributed by atoms with van der Waals surface area (Å²) < 4.78 is 5.80. The van der Waals surface area contributed by atoms with E-state index >= 15 is 0 Å². The van der Waals surface area contributed by atoms with Gasteiger partial charge in [0.25, 0.3) is 0 Å². The number of anilines is 4. The molecule has 0 unspecified atom stereocenters. The summed E-state index contributed by atoms with van der Waals surface area (Å²) >= 11 is 0. The maximum Gasteiger partial charge on any atom is 0.227 e. The van der Waals surface area contributed by atoms with Crippen molar-refractivity contribution in [1.82, 2.24) is 15.0 Å². The molecular formula is C26H32N6O3. The van der Waals surface area contributed by atoms with Gasteiger partial charge in [-0.2, -0.15) is 4.98 Å². The molecule has 0 aromatic carbocycles. The lowest BCUT2D eigenvalue weighted by Gasteiger charge is -2.40. The Morgan fingerprint density at radius 3 is 2.49 bits per heavy atom. The summed E-state index contributed by atoms with van der Waals surface area (Å²) in [4.78, 5) is 43.1. The number of carbonyl (C=O) groups excluding carboxylic acids is 2. The van der Waals surface area contributed by atoms with Crippen LogP contribution in [0.4, 0.5) is 23.3 Å². The van der Waals surface area contributed by atoms with E-state index in [0.29, 0.717) is 37.7 Å². The number of pyridine rings is 1. The average molecular weight is 477 g/mol. The van der Waals surface area contributed by atoms with Crippen molar-refractivity contribution in [2.75, 3.05) is 41.9 Å². The van der Waals surface area contributed by atoms with Gasteiger partial charge in [0.1, 0.15) is 17.2 Å². The number of nitrogens with zero attached hydrogens (tertiary/aromatic N) is 5. The van der Waals surface area contributed by atoms with Crippen LogP contribution in [0.25, 0.3) is 0 Å². The van der Waals surface area contributed by atoms with E-state index in [-0.39, 0.29) is 23.0 Å². The molecule has 6 rings (SSSR count). The number of rotatable bonds is 6. The van der Waals surface area contributed by atoms with Crippen LogP contribution in [-0.4, -0.2) is 59.0 Å². The predicted molar refractivity (Wildman–Crippen MR) is 132 cm³/mol. The summed E-state index contributed by atoms with van der Waals surface area (Å²) in [6.45, 7) is 5.71. The van der Waals surface area contributed by atoms with Crippen molar-refractivity contribution in [1.29, 1.82) is 0 Å². The lowest BCUT2D eigenvalue weighted by molar-refractivity contribution is -0.145. The summed E-state index contributed by atoms with van der Waals surface area (Å²) in [6.07, 6.45) is 7.49. The number of piperidine rings is 1. The van der Waals surface area contributed by atoms with Gasteiger partial charge in [0, 0.05) is 87.4 Å². The van der Waals surface area contributed by atoms with Crippen LogP contribution in [-0.2, 0) is 19.7 Å². The molecule has 0 atom stereocenters. The maximum atomic E-state index is 12.9. The third-order valence-electron chi connectivity index (χ3n) is 8.11. The largest absolute Gasteiger partial charge is 0.370 e. The number of ether oxygens (including phenoxy) is 1. The fraction of sp³-hybridized carbons (Fsp3) is 0.577. The first-order valence-corrected chi connectivity index (χ1v) is 12.6. The van der Waals surface area contributed by atoms with Crippen LogP contribution in [0.2, 0.25) is 0 Å². The Morgan fingerprint density at radius 2 is 1.86 bits per heavy atom. The van der Waals surface area contributed by atoms with Crippen LogP contribution in [0.5, 0.6) is 0 Å². The Hall–Kier alpha value is -3.07. The fourth-order valence-electron chi connectivity index (χ4n) is 5.73. The van der Waals surface area contributed by atoms with Crippen LogP contribution in [0.15, 0.2) is 18.3 Å². The van der Waals surface area contributed by atoms with E-state index < -0.39 is 5.60 Å². The number of Topliss-reactive ketones (excluding diaryl/α,β-unsaturated/α-hetero) is 1. The lowest BCUT2D eigenvalue weighted by atomic mass is 9.85. The molecular weight excluding hydrogens is 444 g/mol. The molecule has 4 aliphatic rings. The Kier molecular flexibility index (Phi) is 5.11. The molecule has 184 valence electrons. The summed E-state index contributed by atoms with van der Waals surface area (Å²) in [5.41, 5.74) is 2.65. The van der Waals surface area contributed by atoms with Gasteiger partial charge >= 0.3 is 0 Å². The van der Waals surface area contributed by atoms with Crippen molar-refractivity contribution in [3.8, 4) is 0 Å². The van der Waals surface area contributed by atoms with Crippen molar-refractivity contribution < 1.29 is 14.3 Å². The molecule has 1 saturated heterocycles. The highest BCUT2D eigenvalue weighted by Crippen LogP contribution is 2.58. The molecule has 9 heteroatoms. The van der Waals surface area contributed by atoms with E-state index in [1.54, 1.807) is 7.11 Å². The van der Waals surface area contributed by atoms with Gasteiger partial charge in [0.2, 0.25) is 11.9 Å². The van der Waals surface area contributed by atoms with Gasteiger partial charge in [-0.25, -0.2) is 9.97 Å². The second kappa shape index (κ2) is 7.98. The van der Waals surface area contributed by atoms with Crippen molar-refractivity contribution in [3.63, 3.8) is 0 Å². The summed E-state index contributed by atoms with van der Waals surface area (Å²) in [7, 11) is 1.67. The Bertz CT molecular complexity index is 1200. The lowest BCUT2D eigenvalue weighted by Crippen LogP contribution is -2.51. The zero-order valence-corrected chi connectivity index (χ0v) is 20.6. The number of aryl methyl sites for hydroxylation is 1. The first kappa shape index (κ1) is 22.4. The minimum atomic E-state index is -0.663. The van der Waals surface area contributed by atoms with E-state index in [2.05, 4.69) is 20.1 Å². The Labute approximate surface area is 205 Å². The number of ketones is 1. The molecule has 3 fully saturated rings. The Balaban J connectivity index is 1.27. The molecule has 1 amide bonds. The zero-order chi connectivity index (χ0) is 24.4. The normalized spacial score (nSPS) is 21.7. The minimum absolute atomic E-state index is 0.127. The number of hydrogen-bond acceptors (Lipinski definition) is 8. The number of methoxy groups -OCH3 is 1. The molecule has 35 heavy (non-hydrogen) atoms. The van der Waals surface area contributed by atoms with Crippen molar-refractivity contribution >= 4 is 35.0 Å². The summed E-state index contributed by atoms with van der Waals surface area (Å²) in [5, 5.41) is 2.81. The van der Waals surface area contributed by atoms with Gasteiger partial charge in [0.05, 0.1) is 5.69 Å². The van der Waals surface area contributed by atoms with E-state index in [4.69, 9.17) is 14.7 Å². The molecule has 2 aliphatic heterocycles. The average Bonchev–Trinajstić information content (AvgIpc) is 3.76. The second-order valence-electron chi connectivity index (χ2n) is 10.6. The molecule has 0 radical (unpaired) electrons. The predicted octanol–water partition coefficient (Wildman–Crippen LogP) is 3.29. The van der Waals surface area contributed by atoms with Crippen LogP contribution in [0.3, 0.4) is 0 Å². The number of carbonyl (C=O) groups is 2. The highest BCUT2D eigenvalue weighted by Gasteiger charge is 2.53. The van der Waals surface area contributed by atoms with E-state index in [0.717, 1.165) is 49.4 Å². The molecule has 0 bridgehead atoms. The first-order valence-electron chi connectivity index (χ1n) is 12.6. The smallest absolute Gasteiger partial charge is 0.227 e. The van der Waals surface area contributed by atoms with E-state index in [1.807, 2.05) is 25.3 Å². The molecule has 2 aromatic rings. The van der Waals surface area contributed by atoms with Crippen molar-refractivity contribution in [2.24, 2.45) is 5.92 Å². The highest BCUT2D eigenvalue weighted by atomic mass is 16.5. The molecule has 1 N–H and O–H groups in total. The summed E-state index contributed by atoms with van der Waals surface area (Å²) in [5.74, 6) is 2.42. The highest BCUT2D eigenvalue weighted by molar-refractivity contribution is 5.91. The first-order chi connectivity index (χ1) is 16.8. The number of fused-ring (bicyclic) bond motifs is 2. The summed E-state index contributed by atoms with van der Waals surface area (Å²) in [6, 6.07) is 3.98. The van der Waals surface area contributed by atoms with Crippen LogP contribution < -0.4 is 15.1 Å². The molecule has 2 aromatic heterocycles. The van der Waals surface area contributed by atoms with Gasteiger partial charge in [-0.3, -0.25) is 9.59 Å². The van der Waals surface area contributed by atoms with Gasteiger partial charge in [-0.15, -0.1) is 0 Å². The molecule has 2 saturated carbocycles. The minimum Gasteiger partial charge on any atom is -0.370 e. The Morgan fingerprint density at radius 1 is 1.11 bits per heavy atom. The van der Waals surface area contributed by atoms with Crippen LogP contribution >= 0.6 is 0 Å². The molecule has 9 nitrogen and oxygen atoms in total. The van der Waals surface area contributed by atoms with E-state index in [9.17, 15) is 9.59 Å². The molecule has 2 aliphatic carbocycles. The number of hydrogen-bond donors (Lipinski definition) is 1. The van der Waals surface area contributed by atoms with Gasteiger partial charge in [-0.05, 0) is 32.6 Å². The SMILES string of the molecule is COC1(C(=O)C2CC2)CCN(c2nc(C)cc(N3CC4(CC4)c4cnc(NC(C)=O)cc43)n2)CC1. The quantitative estimate of drug-likeness (QED) is 0.678. The molecule has 4 heterocycles. The topological polar surface area (TPSA) is 101 Å². The number of nitrogens with one attached hydrogen (secondary N) is 1. The zero-order valence-electron chi connectivity index (χ0n) is 20.6. The van der Waals surface area contributed by atoms with Crippen LogP contribution in [0.1, 0.15) is 56.7 Å². The number of aromatic nitrogens is 3. The fourth-order valence-corrected chi connectivity index (χ4v) is 5.73. The van der Waals surface area contributed by atoms with Gasteiger partial charge < -0.3 is 19.9 Å². The third-order valence-corrected chi connectivity index (χ3v) is 8.11.